The molecule has 0 bridgehead atoms. The summed E-state index contributed by atoms with van der Waals surface area (Å²) < 4.78 is 5.49. The molecule has 1 aliphatic heterocycles. The number of pyridine rings is 1. The third-order valence-electron chi connectivity index (χ3n) is 4.58. The molecule has 1 aromatic heterocycles. The van der Waals surface area contributed by atoms with Crippen LogP contribution < -0.4 is 4.90 Å². The minimum absolute atomic E-state index is 0.348. The van der Waals surface area contributed by atoms with Gasteiger partial charge in [-0.05, 0) is 64.6 Å². The van der Waals surface area contributed by atoms with Gasteiger partial charge in [0.05, 0.1) is 0 Å². The van der Waals surface area contributed by atoms with Crippen molar-refractivity contribution >= 4 is 11.9 Å². The summed E-state index contributed by atoms with van der Waals surface area (Å²) in [5.41, 5.74) is 0.735. The van der Waals surface area contributed by atoms with Crippen LogP contribution in [0.2, 0.25) is 0 Å². The van der Waals surface area contributed by atoms with Gasteiger partial charge >= 0.3 is 6.09 Å². The molecule has 0 unspecified atom stereocenters. The summed E-state index contributed by atoms with van der Waals surface area (Å²) in [6.07, 6.45) is 5.30. The standard InChI is InChI=1S/C21H35N3O2/c1-7-24(20(25)26-21(4,5)6)19-12-11-17(14-22-19)18-10-8-9-13-23(18)15-16(2)3/h11-12,14,16,18H,7-10,13,15H2,1-6H3/t18-/m1/s1. The number of piperidine rings is 1. The maximum atomic E-state index is 12.4. The van der Waals surface area contributed by atoms with Gasteiger partial charge in [0.15, 0.2) is 0 Å². The zero-order valence-electron chi connectivity index (χ0n) is 17.3. The third kappa shape index (κ3) is 5.70. The molecule has 146 valence electrons. The van der Waals surface area contributed by atoms with Gasteiger partial charge in [0.2, 0.25) is 0 Å². The predicted octanol–water partition coefficient (Wildman–Crippen LogP) is 5.03. The molecule has 2 heterocycles. The molecule has 1 atom stereocenters. The first-order chi connectivity index (χ1) is 12.2. The molecule has 0 spiro atoms. The number of amides is 1. The van der Waals surface area contributed by atoms with E-state index in [1.807, 2.05) is 40.0 Å². The summed E-state index contributed by atoms with van der Waals surface area (Å²) in [6, 6.07) is 4.51. The van der Waals surface area contributed by atoms with Gasteiger partial charge in [0, 0.05) is 25.3 Å². The normalized spacial score (nSPS) is 18.8. The Morgan fingerprint density at radius 3 is 2.62 bits per heavy atom. The first-order valence-corrected chi connectivity index (χ1v) is 9.91. The highest BCUT2D eigenvalue weighted by Crippen LogP contribution is 2.31. The van der Waals surface area contributed by atoms with Crippen LogP contribution in [-0.2, 0) is 4.74 Å². The zero-order valence-corrected chi connectivity index (χ0v) is 17.3. The Labute approximate surface area is 158 Å². The number of rotatable bonds is 5. The molecule has 1 fully saturated rings. The van der Waals surface area contributed by atoms with Crippen molar-refractivity contribution in [2.24, 2.45) is 5.92 Å². The summed E-state index contributed by atoms with van der Waals surface area (Å²) in [5, 5.41) is 0. The second-order valence-corrected chi connectivity index (χ2v) is 8.57. The molecule has 26 heavy (non-hydrogen) atoms. The van der Waals surface area contributed by atoms with Crippen LogP contribution in [0.3, 0.4) is 0 Å². The minimum atomic E-state index is -0.510. The second kappa shape index (κ2) is 8.85. The van der Waals surface area contributed by atoms with Crippen molar-refractivity contribution in [3.8, 4) is 0 Å². The van der Waals surface area contributed by atoms with E-state index in [0.717, 1.165) is 13.1 Å². The highest BCUT2D eigenvalue weighted by Gasteiger charge is 2.26. The highest BCUT2D eigenvalue weighted by atomic mass is 16.6. The number of aromatic nitrogens is 1. The van der Waals surface area contributed by atoms with E-state index in [2.05, 4.69) is 29.8 Å². The van der Waals surface area contributed by atoms with Crippen LogP contribution >= 0.6 is 0 Å². The minimum Gasteiger partial charge on any atom is -0.443 e. The van der Waals surface area contributed by atoms with Crippen molar-refractivity contribution in [1.82, 2.24) is 9.88 Å². The lowest BCUT2D eigenvalue weighted by Crippen LogP contribution is -2.37. The first kappa shape index (κ1) is 20.7. The Bertz CT molecular complexity index is 578. The van der Waals surface area contributed by atoms with E-state index < -0.39 is 5.60 Å². The van der Waals surface area contributed by atoms with Crippen molar-refractivity contribution in [1.29, 1.82) is 0 Å². The quantitative estimate of drug-likeness (QED) is 0.738. The molecule has 1 aliphatic rings. The highest BCUT2D eigenvalue weighted by molar-refractivity contribution is 5.86. The molecule has 0 aliphatic carbocycles. The molecule has 0 radical (unpaired) electrons. The van der Waals surface area contributed by atoms with Crippen molar-refractivity contribution in [3.63, 3.8) is 0 Å². The van der Waals surface area contributed by atoms with E-state index in [4.69, 9.17) is 4.74 Å². The molecule has 0 N–H and O–H groups in total. The molecule has 1 saturated heterocycles. The molecule has 1 aromatic rings. The summed E-state index contributed by atoms with van der Waals surface area (Å²) in [6.45, 7) is 14.9. The molecular formula is C21H35N3O2. The van der Waals surface area contributed by atoms with Crippen LogP contribution in [0.1, 0.15) is 72.4 Å². The number of hydrogen-bond acceptors (Lipinski definition) is 4. The van der Waals surface area contributed by atoms with Crippen molar-refractivity contribution in [3.05, 3.63) is 23.9 Å². The molecular weight excluding hydrogens is 326 g/mol. The summed E-state index contributed by atoms with van der Waals surface area (Å²) in [4.78, 5) is 21.2. The van der Waals surface area contributed by atoms with Gasteiger partial charge in [-0.15, -0.1) is 0 Å². The smallest absolute Gasteiger partial charge is 0.415 e. The molecule has 1 amide bonds. The zero-order chi connectivity index (χ0) is 19.3. The number of ether oxygens (including phenoxy) is 1. The van der Waals surface area contributed by atoms with Crippen LogP contribution in [-0.4, -0.2) is 41.2 Å². The number of anilines is 1. The van der Waals surface area contributed by atoms with Crippen LogP contribution in [0.5, 0.6) is 0 Å². The average molecular weight is 362 g/mol. The van der Waals surface area contributed by atoms with E-state index in [-0.39, 0.29) is 6.09 Å². The van der Waals surface area contributed by atoms with Crippen molar-refractivity contribution in [2.75, 3.05) is 24.5 Å². The van der Waals surface area contributed by atoms with Crippen LogP contribution in [0.4, 0.5) is 10.6 Å². The fourth-order valence-corrected chi connectivity index (χ4v) is 3.51. The predicted molar refractivity (Wildman–Crippen MR) is 106 cm³/mol. The lowest BCUT2D eigenvalue weighted by Gasteiger charge is -2.37. The SMILES string of the molecule is CCN(C(=O)OC(C)(C)C)c1ccc([C@H]2CCCCN2CC(C)C)cn1. The third-order valence-corrected chi connectivity index (χ3v) is 4.58. The molecule has 2 rings (SSSR count). The molecule has 0 aromatic carbocycles. The number of carbonyl (C=O) groups is 1. The van der Waals surface area contributed by atoms with Crippen LogP contribution in [0.25, 0.3) is 0 Å². The van der Waals surface area contributed by atoms with Gasteiger partial charge in [-0.1, -0.05) is 26.3 Å². The topological polar surface area (TPSA) is 45.7 Å². The number of hydrogen-bond donors (Lipinski definition) is 0. The van der Waals surface area contributed by atoms with Gasteiger partial charge in [0.1, 0.15) is 11.4 Å². The Balaban J connectivity index is 2.14. The van der Waals surface area contributed by atoms with E-state index in [1.54, 1.807) is 4.90 Å². The number of nitrogens with zero attached hydrogens (tertiary/aromatic N) is 3. The summed E-state index contributed by atoms with van der Waals surface area (Å²) in [7, 11) is 0. The van der Waals surface area contributed by atoms with Crippen molar-refractivity contribution in [2.45, 2.75) is 72.4 Å². The van der Waals surface area contributed by atoms with Crippen LogP contribution in [0.15, 0.2) is 18.3 Å². The maximum Gasteiger partial charge on any atom is 0.415 e. The van der Waals surface area contributed by atoms with Crippen molar-refractivity contribution < 1.29 is 9.53 Å². The van der Waals surface area contributed by atoms with Gasteiger partial charge < -0.3 is 4.74 Å². The van der Waals surface area contributed by atoms with Gasteiger partial charge in [0.25, 0.3) is 0 Å². The molecule has 0 saturated carbocycles. The lowest BCUT2D eigenvalue weighted by atomic mass is 9.95. The molecule has 5 nitrogen and oxygen atoms in total. The summed E-state index contributed by atoms with van der Waals surface area (Å²) in [5.74, 6) is 1.31. The van der Waals surface area contributed by atoms with Gasteiger partial charge in [-0.2, -0.15) is 0 Å². The number of carbonyl (C=O) groups excluding carboxylic acids is 1. The summed E-state index contributed by atoms with van der Waals surface area (Å²) >= 11 is 0. The van der Waals surface area contributed by atoms with E-state index in [9.17, 15) is 4.79 Å². The second-order valence-electron chi connectivity index (χ2n) is 8.57. The molecule has 5 heteroatoms. The number of likely N-dealkylation sites (tertiary alicyclic amines) is 1. The Kier molecular flexibility index (Phi) is 7.04. The van der Waals surface area contributed by atoms with Gasteiger partial charge in [-0.25, -0.2) is 9.78 Å². The van der Waals surface area contributed by atoms with E-state index in [0.29, 0.717) is 24.3 Å². The fraction of sp³-hybridized carbons (Fsp3) is 0.714. The van der Waals surface area contributed by atoms with E-state index in [1.165, 1.54) is 24.8 Å². The first-order valence-electron chi connectivity index (χ1n) is 9.91. The monoisotopic (exact) mass is 361 g/mol. The average Bonchev–Trinajstić information content (AvgIpc) is 2.54. The Hall–Kier alpha value is -1.62. The largest absolute Gasteiger partial charge is 0.443 e. The Morgan fingerprint density at radius 2 is 2.08 bits per heavy atom. The Morgan fingerprint density at radius 1 is 1.35 bits per heavy atom. The fourth-order valence-electron chi connectivity index (χ4n) is 3.51. The van der Waals surface area contributed by atoms with Crippen LogP contribution in [0, 0.1) is 5.92 Å². The maximum absolute atomic E-state index is 12.4. The lowest BCUT2D eigenvalue weighted by molar-refractivity contribution is 0.0581. The van der Waals surface area contributed by atoms with E-state index >= 15 is 0 Å². The van der Waals surface area contributed by atoms with Gasteiger partial charge in [-0.3, -0.25) is 9.80 Å².